The number of hydrogen-bond acceptors (Lipinski definition) is 9. The van der Waals surface area contributed by atoms with Gasteiger partial charge in [0.2, 0.25) is 11.8 Å². The molecule has 0 aliphatic rings. The van der Waals surface area contributed by atoms with E-state index in [1.165, 1.54) is 16.8 Å². The summed E-state index contributed by atoms with van der Waals surface area (Å²) in [6.07, 6.45) is 0.209. The molecule has 2 amide bonds. The zero-order valence-corrected chi connectivity index (χ0v) is 21.6. The minimum absolute atomic E-state index is 0.0102. The van der Waals surface area contributed by atoms with Crippen molar-refractivity contribution in [2.24, 2.45) is 0 Å². The van der Waals surface area contributed by atoms with Crippen LogP contribution in [0.15, 0.2) is 30.3 Å². The van der Waals surface area contributed by atoms with E-state index in [-0.39, 0.29) is 39.1 Å². The Bertz CT molecular complexity index is 975. The van der Waals surface area contributed by atoms with Crippen LogP contribution in [0.3, 0.4) is 0 Å². The SMILES string of the molecule is CNC(=O)C(Cc1ccccc1)NC(=O)CN(CCN(CCN(CC(=O)O)CC(=O)O)CC(=O)O)CC(=O)O. The fourth-order valence-corrected chi connectivity index (χ4v) is 3.71. The highest BCUT2D eigenvalue weighted by Crippen LogP contribution is 2.04. The third kappa shape index (κ3) is 15.1. The molecule has 1 rings (SSSR count). The summed E-state index contributed by atoms with van der Waals surface area (Å²) in [5.74, 6) is -5.97. The van der Waals surface area contributed by atoms with Crippen LogP contribution < -0.4 is 10.6 Å². The van der Waals surface area contributed by atoms with Gasteiger partial charge >= 0.3 is 23.9 Å². The number of aliphatic carboxylic acids is 4. The third-order valence-corrected chi connectivity index (χ3v) is 5.45. The molecule has 15 nitrogen and oxygen atoms in total. The lowest BCUT2D eigenvalue weighted by Gasteiger charge is -2.28. The second-order valence-corrected chi connectivity index (χ2v) is 8.70. The van der Waals surface area contributed by atoms with E-state index in [0.717, 1.165) is 10.5 Å². The van der Waals surface area contributed by atoms with Gasteiger partial charge < -0.3 is 31.1 Å². The van der Waals surface area contributed by atoms with E-state index in [1.54, 1.807) is 24.3 Å². The number of benzene rings is 1. The summed E-state index contributed by atoms with van der Waals surface area (Å²) < 4.78 is 0. The number of nitrogens with one attached hydrogen (secondary N) is 2. The summed E-state index contributed by atoms with van der Waals surface area (Å²) in [6, 6.07) is 8.07. The Morgan fingerprint density at radius 3 is 1.51 bits per heavy atom. The lowest BCUT2D eigenvalue weighted by atomic mass is 10.1. The smallest absolute Gasteiger partial charge is 0.317 e. The third-order valence-electron chi connectivity index (χ3n) is 5.45. The van der Waals surface area contributed by atoms with Crippen molar-refractivity contribution in [1.82, 2.24) is 25.3 Å². The van der Waals surface area contributed by atoms with Gasteiger partial charge in [0, 0.05) is 39.6 Å². The first-order valence-corrected chi connectivity index (χ1v) is 12.0. The number of rotatable bonds is 20. The van der Waals surface area contributed by atoms with Crippen molar-refractivity contribution < 1.29 is 49.2 Å². The van der Waals surface area contributed by atoms with Crippen molar-refractivity contribution in [3.05, 3.63) is 35.9 Å². The molecule has 216 valence electrons. The summed E-state index contributed by atoms with van der Waals surface area (Å²) in [5, 5.41) is 41.6. The second-order valence-electron chi connectivity index (χ2n) is 8.70. The van der Waals surface area contributed by atoms with Gasteiger partial charge in [0.1, 0.15) is 6.04 Å². The fraction of sp³-hybridized carbons (Fsp3) is 0.500. The zero-order valence-electron chi connectivity index (χ0n) is 21.6. The molecule has 0 spiro atoms. The first kappa shape index (κ1) is 32.9. The van der Waals surface area contributed by atoms with Crippen LogP contribution in [-0.2, 0) is 35.2 Å². The number of hydrogen-bond donors (Lipinski definition) is 6. The van der Waals surface area contributed by atoms with Crippen molar-refractivity contribution in [2.45, 2.75) is 12.5 Å². The molecule has 0 aliphatic heterocycles. The van der Waals surface area contributed by atoms with Crippen LogP contribution in [0.5, 0.6) is 0 Å². The second kappa shape index (κ2) is 17.4. The number of nitrogens with zero attached hydrogens (tertiary/aromatic N) is 3. The maximum atomic E-state index is 12.7. The van der Waals surface area contributed by atoms with Crippen LogP contribution in [0.1, 0.15) is 5.56 Å². The average molecular weight is 554 g/mol. The Morgan fingerprint density at radius 2 is 1.08 bits per heavy atom. The maximum Gasteiger partial charge on any atom is 0.317 e. The van der Waals surface area contributed by atoms with Crippen LogP contribution in [0.4, 0.5) is 0 Å². The Kier molecular flexibility index (Phi) is 14.7. The highest BCUT2D eigenvalue weighted by Gasteiger charge is 2.23. The first-order valence-electron chi connectivity index (χ1n) is 12.0. The van der Waals surface area contributed by atoms with E-state index >= 15 is 0 Å². The molecule has 0 saturated carbocycles. The van der Waals surface area contributed by atoms with Crippen molar-refractivity contribution >= 4 is 35.7 Å². The van der Waals surface area contributed by atoms with Gasteiger partial charge in [-0.15, -0.1) is 0 Å². The normalized spacial score (nSPS) is 11.8. The van der Waals surface area contributed by atoms with Gasteiger partial charge in [-0.1, -0.05) is 30.3 Å². The number of likely N-dealkylation sites (N-methyl/N-ethyl adjacent to an activating group) is 1. The monoisotopic (exact) mass is 553 g/mol. The zero-order chi connectivity index (χ0) is 29.4. The van der Waals surface area contributed by atoms with E-state index in [1.807, 2.05) is 6.07 Å². The molecule has 0 heterocycles. The van der Waals surface area contributed by atoms with Gasteiger partial charge in [-0.2, -0.15) is 0 Å². The Labute approximate surface area is 225 Å². The van der Waals surface area contributed by atoms with Crippen LogP contribution in [-0.4, -0.2) is 143 Å². The Hall–Kier alpha value is -4.08. The van der Waals surface area contributed by atoms with E-state index in [9.17, 15) is 39.0 Å². The molecule has 6 N–H and O–H groups in total. The summed E-state index contributed by atoms with van der Waals surface area (Å²) in [5.41, 5.74) is 0.804. The molecule has 1 atom stereocenters. The highest BCUT2D eigenvalue weighted by atomic mass is 16.4. The van der Waals surface area contributed by atoms with Gasteiger partial charge in [-0.3, -0.25) is 43.5 Å². The van der Waals surface area contributed by atoms with Gasteiger partial charge in [0.25, 0.3) is 0 Å². The number of carboxylic acids is 4. The minimum atomic E-state index is -1.25. The summed E-state index contributed by atoms with van der Waals surface area (Å²) in [6.45, 7) is -2.67. The molecule has 0 radical (unpaired) electrons. The molecule has 1 aromatic rings. The van der Waals surface area contributed by atoms with Crippen LogP contribution in [0, 0.1) is 0 Å². The van der Waals surface area contributed by atoms with E-state index < -0.39 is 67.9 Å². The molecule has 0 bridgehead atoms. The first-order chi connectivity index (χ1) is 18.4. The van der Waals surface area contributed by atoms with Crippen molar-refractivity contribution in [3.63, 3.8) is 0 Å². The molecule has 15 heteroatoms. The van der Waals surface area contributed by atoms with Crippen molar-refractivity contribution in [1.29, 1.82) is 0 Å². The predicted octanol–water partition coefficient (Wildman–Crippen LogP) is -2.30. The topological polar surface area (TPSA) is 217 Å². The van der Waals surface area contributed by atoms with Gasteiger partial charge in [0.05, 0.1) is 32.7 Å². The average Bonchev–Trinajstić information content (AvgIpc) is 2.83. The van der Waals surface area contributed by atoms with Gasteiger partial charge in [0.15, 0.2) is 0 Å². The Balaban J connectivity index is 2.85. The largest absolute Gasteiger partial charge is 0.480 e. The van der Waals surface area contributed by atoms with Crippen LogP contribution in [0.25, 0.3) is 0 Å². The standard InChI is InChI=1S/C24H35N5O10/c1-25-24(39)18(11-17-5-3-2-4-6-17)26-19(30)12-28(14-21(33)34)9-7-27(13-20(31)32)8-10-29(15-22(35)36)16-23(37)38/h2-6,18H,7-16H2,1H3,(H,25,39)(H,26,30)(H,31,32)(H,33,34)(H,35,36)(H,37,38). The van der Waals surface area contributed by atoms with E-state index in [2.05, 4.69) is 10.6 Å². The fourth-order valence-electron chi connectivity index (χ4n) is 3.71. The molecule has 1 unspecified atom stereocenters. The van der Waals surface area contributed by atoms with Crippen molar-refractivity contribution in [2.75, 3.05) is 66.0 Å². The van der Waals surface area contributed by atoms with E-state index in [4.69, 9.17) is 10.2 Å². The molecule has 39 heavy (non-hydrogen) atoms. The summed E-state index contributed by atoms with van der Waals surface area (Å²) >= 11 is 0. The number of carbonyl (C=O) groups excluding carboxylic acids is 2. The molecule has 0 saturated heterocycles. The van der Waals surface area contributed by atoms with Crippen LogP contribution in [0.2, 0.25) is 0 Å². The van der Waals surface area contributed by atoms with Gasteiger partial charge in [-0.05, 0) is 5.56 Å². The minimum Gasteiger partial charge on any atom is -0.480 e. The molecule has 0 fully saturated rings. The lowest BCUT2D eigenvalue weighted by molar-refractivity contribution is -0.143. The molecular formula is C24H35N5O10. The van der Waals surface area contributed by atoms with Crippen LogP contribution >= 0.6 is 0 Å². The quantitative estimate of drug-likeness (QED) is 0.100. The maximum absolute atomic E-state index is 12.7. The number of amides is 2. The lowest BCUT2D eigenvalue weighted by Crippen LogP contribution is -2.51. The molecule has 0 aromatic heterocycles. The summed E-state index contributed by atoms with van der Waals surface area (Å²) in [7, 11) is 1.42. The van der Waals surface area contributed by atoms with Gasteiger partial charge in [-0.25, -0.2) is 0 Å². The molecular weight excluding hydrogens is 518 g/mol. The number of carboxylic acid groups (broad SMARTS) is 4. The number of carbonyl (C=O) groups is 6. The molecule has 0 aliphatic carbocycles. The Morgan fingerprint density at radius 1 is 0.667 bits per heavy atom. The van der Waals surface area contributed by atoms with E-state index in [0.29, 0.717) is 0 Å². The summed E-state index contributed by atoms with van der Waals surface area (Å²) in [4.78, 5) is 73.6. The molecule has 1 aromatic carbocycles. The predicted molar refractivity (Wildman–Crippen MR) is 136 cm³/mol. The van der Waals surface area contributed by atoms with Crippen molar-refractivity contribution in [3.8, 4) is 0 Å². The highest BCUT2D eigenvalue weighted by molar-refractivity contribution is 5.88.